The van der Waals surface area contributed by atoms with Crippen LogP contribution in [0, 0.1) is 13.8 Å². The first kappa shape index (κ1) is 21.1. The number of nitrogens with zero attached hydrogens (tertiary/aromatic N) is 3. The second-order valence-corrected chi connectivity index (χ2v) is 8.72. The number of hydrogen-bond donors (Lipinski definition) is 0. The van der Waals surface area contributed by atoms with Gasteiger partial charge in [0.25, 0.3) is 0 Å². The molecule has 6 nitrogen and oxygen atoms in total. The molecule has 0 bridgehead atoms. The molecule has 0 saturated carbocycles. The molecule has 2 saturated heterocycles. The lowest BCUT2D eigenvalue weighted by Gasteiger charge is -2.46. The van der Waals surface area contributed by atoms with E-state index in [2.05, 4.69) is 17.2 Å². The molecule has 1 amide bonds. The zero-order valence-electron chi connectivity index (χ0n) is 18.2. The van der Waals surface area contributed by atoms with Gasteiger partial charge in [-0.05, 0) is 44.7 Å². The summed E-state index contributed by atoms with van der Waals surface area (Å²) in [6.07, 6.45) is 4.38. The van der Waals surface area contributed by atoms with Gasteiger partial charge >= 0.3 is 0 Å². The molecule has 4 rings (SSSR count). The minimum Gasteiger partial charge on any atom is -0.375 e. The molecule has 1 aromatic heterocycles. The summed E-state index contributed by atoms with van der Waals surface area (Å²) in [7, 11) is 0. The van der Waals surface area contributed by atoms with E-state index in [4.69, 9.17) is 9.47 Å². The molecule has 2 aliphatic rings. The molecule has 2 aliphatic heterocycles. The molecular weight excluding hydrogens is 378 g/mol. The number of carbonyl (C=O) groups is 1. The van der Waals surface area contributed by atoms with Gasteiger partial charge in [0.05, 0.1) is 24.0 Å². The summed E-state index contributed by atoms with van der Waals surface area (Å²) in [6, 6.07) is 12.4. The van der Waals surface area contributed by atoms with Crippen LogP contribution in [0.25, 0.3) is 0 Å². The zero-order chi connectivity index (χ0) is 21.0. The Morgan fingerprint density at radius 3 is 2.70 bits per heavy atom. The predicted octanol–water partition coefficient (Wildman–Crippen LogP) is 3.65. The molecule has 1 atom stereocenters. The van der Waals surface area contributed by atoms with Crippen molar-refractivity contribution in [2.45, 2.75) is 70.8 Å². The quantitative estimate of drug-likeness (QED) is 0.728. The van der Waals surface area contributed by atoms with E-state index in [0.717, 1.165) is 56.8 Å². The van der Waals surface area contributed by atoms with Crippen LogP contribution in [0.15, 0.2) is 36.4 Å². The Labute approximate surface area is 179 Å². The predicted molar refractivity (Wildman–Crippen MR) is 115 cm³/mol. The molecule has 6 heteroatoms. The monoisotopic (exact) mass is 411 g/mol. The number of ether oxygens (including phenoxy) is 2. The van der Waals surface area contributed by atoms with E-state index in [0.29, 0.717) is 19.6 Å². The maximum absolute atomic E-state index is 12.7. The summed E-state index contributed by atoms with van der Waals surface area (Å²) >= 11 is 0. The first-order valence-electron chi connectivity index (χ1n) is 11.1. The van der Waals surface area contributed by atoms with Crippen molar-refractivity contribution in [1.29, 1.82) is 0 Å². The Morgan fingerprint density at radius 1 is 1.23 bits per heavy atom. The summed E-state index contributed by atoms with van der Waals surface area (Å²) in [5.41, 5.74) is 3.18. The van der Waals surface area contributed by atoms with Crippen molar-refractivity contribution in [3.63, 3.8) is 0 Å². The van der Waals surface area contributed by atoms with Crippen LogP contribution in [0.3, 0.4) is 0 Å². The number of aromatic nitrogens is 2. The van der Waals surface area contributed by atoms with Gasteiger partial charge in [0, 0.05) is 44.8 Å². The number of rotatable bonds is 6. The number of amides is 1. The third-order valence-corrected chi connectivity index (χ3v) is 6.44. The summed E-state index contributed by atoms with van der Waals surface area (Å²) in [5, 5.41) is 4.46. The van der Waals surface area contributed by atoms with E-state index in [1.54, 1.807) is 0 Å². The van der Waals surface area contributed by atoms with Crippen molar-refractivity contribution < 1.29 is 14.3 Å². The highest BCUT2D eigenvalue weighted by Crippen LogP contribution is 2.36. The summed E-state index contributed by atoms with van der Waals surface area (Å²) in [6.45, 7) is 7.58. The van der Waals surface area contributed by atoms with E-state index in [9.17, 15) is 4.79 Å². The van der Waals surface area contributed by atoms with E-state index < -0.39 is 0 Å². The Bertz CT molecular complexity index is 841. The molecule has 3 heterocycles. The molecule has 0 N–H and O–H groups in total. The molecule has 1 spiro atoms. The molecule has 1 unspecified atom stereocenters. The third-order valence-electron chi connectivity index (χ3n) is 6.44. The normalized spacial score (nSPS) is 21.1. The standard InChI is InChI=1S/C24H33N3O3/c1-19-16-20(2)27(25-19)12-8-23(28)26-13-10-24(11-14-26)17-22(9-15-30-24)29-18-21-6-4-3-5-7-21/h3-7,16,22H,8-15,17-18H2,1-2H3. The fourth-order valence-electron chi connectivity index (χ4n) is 4.69. The molecule has 162 valence electrons. The van der Waals surface area contributed by atoms with Crippen molar-refractivity contribution in [3.8, 4) is 0 Å². The first-order valence-corrected chi connectivity index (χ1v) is 11.1. The van der Waals surface area contributed by atoms with E-state index in [1.807, 2.05) is 47.7 Å². The third kappa shape index (κ3) is 5.10. The van der Waals surface area contributed by atoms with Crippen molar-refractivity contribution in [3.05, 3.63) is 53.3 Å². The molecule has 30 heavy (non-hydrogen) atoms. The highest BCUT2D eigenvalue weighted by molar-refractivity contribution is 5.76. The van der Waals surface area contributed by atoms with Gasteiger partial charge in [-0.15, -0.1) is 0 Å². The number of carbonyl (C=O) groups excluding carboxylic acids is 1. The number of aryl methyl sites for hydroxylation is 3. The van der Waals surface area contributed by atoms with Crippen LogP contribution in [-0.2, 0) is 27.4 Å². The van der Waals surface area contributed by atoms with Gasteiger partial charge in [0.15, 0.2) is 0 Å². The van der Waals surface area contributed by atoms with Gasteiger partial charge in [-0.3, -0.25) is 9.48 Å². The largest absolute Gasteiger partial charge is 0.375 e. The van der Waals surface area contributed by atoms with Crippen LogP contribution in [-0.4, -0.2) is 52.0 Å². The van der Waals surface area contributed by atoms with Crippen molar-refractivity contribution in [2.75, 3.05) is 19.7 Å². The second-order valence-electron chi connectivity index (χ2n) is 8.72. The van der Waals surface area contributed by atoms with E-state index in [1.165, 1.54) is 5.56 Å². The summed E-state index contributed by atoms with van der Waals surface area (Å²) in [5.74, 6) is 0.213. The maximum atomic E-state index is 12.7. The lowest BCUT2D eigenvalue weighted by atomic mass is 9.83. The van der Waals surface area contributed by atoms with Gasteiger partial charge in [-0.1, -0.05) is 30.3 Å². The summed E-state index contributed by atoms with van der Waals surface area (Å²) in [4.78, 5) is 14.7. The number of piperidine rings is 1. The first-order chi connectivity index (χ1) is 14.5. The molecule has 2 fully saturated rings. The molecule has 1 aromatic carbocycles. The van der Waals surface area contributed by atoms with Crippen LogP contribution in [0.5, 0.6) is 0 Å². The van der Waals surface area contributed by atoms with Crippen LogP contribution < -0.4 is 0 Å². The van der Waals surface area contributed by atoms with Gasteiger partial charge in [-0.25, -0.2) is 0 Å². The zero-order valence-corrected chi connectivity index (χ0v) is 18.2. The van der Waals surface area contributed by atoms with Crippen molar-refractivity contribution in [2.24, 2.45) is 0 Å². The highest BCUT2D eigenvalue weighted by atomic mass is 16.5. The highest BCUT2D eigenvalue weighted by Gasteiger charge is 2.41. The Kier molecular flexibility index (Phi) is 6.54. The van der Waals surface area contributed by atoms with Crippen LogP contribution in [0.2, 0.25) is 0 Å². The Morgan fingerprint density at radius 2 is 2.00 bits per heavy atom. The average molecular weight is 412 g/mol. The number of likely N-dealkylation sites (tertiary alicyclic amines) is 1. The Hall–Kier alpha value is -2.18. The number of hydrogen-bond acceptors (Lipinski definition) is 4. The molecule has 0 aliphatic carbocycles. The van der Waals surface area contributed by atoms with Crippen molar-refractivity contribution >= 4 is 5.91 Å². The van der Waals surface area contributed by atoms with Gasteiger partial charge in [0.1, 0.15) is 0 Å². The fourth-order valence-corrected chi connectivity index (χ4v) is 4.69. The van der Waals surface area contributed by atoms with Gasteiger partial charge in [0.2, 0.25) is 5.91 Å². The minimum absolute atomic E-state index is 0.133. The minimum atomic E-state index is -0.133. The lowest BCUT2D eigenvalue weighted by molar-refractivity contribution is -0.163. The smallest absolute Gasteiger partial charge is 0.224 e. The van der Waals surface area contributed by atoms with Crippen LogP contribution in [0.1, 0.15) is 49.1 Å². The SMILES string of the molecule is Cc1cc(C)n(CCC(=O)N2CCC3(CC2)CC(OCc2ccccc2)CCO3)n1. The van der Waals surface area contributed by atoms with Crippen LogP contribution >= 0.6 is 0 Å². The topological polar surface area (TPSA) is 56.6 Å². The van der Waals surface area contributed by atoms with E-state index in [-0.39, 0.29) is 17.6 Å². The summed E-state index contributed by atoms with van der Waals surface area (Å²) < 4.78 is 14.4. The average Bonchev–Trinajstić information content (AvgIpc) is 3.09. The molecule has 2 aromatic rings. The Balaban J connectivity index is 1.24. The molecule has 0 radical (unpaired) electrons. The number of benzene rings is 1. The van der Waals surface area contributed by atoms with Crippen molar-refractivity contribution in [1.82, 2.24) is 14.7 Å². The van der Waals surface area contributed by atoms with E-state index >= 15 is 0 Å². The maximum Gasteiger partial charge on any atom is 0.224 e. The van der Waals surface area contributed by atoms with Crippen LogP contribution in [0.4, 0.5) is 0 Å². The fraction of sp³-hybridized carbons (Fsp3) is 0.583. The second kappa shape index (κ2) is 9.31. The lowest BCUT2D eigenvalue weighted by Crippen LogP contribution is -2.52. The molecular formula is C24H33N3O3. The van der Waals surface area contributed by atoms with Gasteiger partial charge < -0.3 is 14.4 Å². The van der Waals surface area contributed by atoms with Gasteiger partial charge in [-0.2, -0.15) is 5.10 Å².